The molecule has 1 N–H and O–H groups in total. The molecule has 0 saturated carbocycles. The van der Waals surface area contributed by atoms with Crippen molar-refractivity contribution in [3.05, 3.63) is 40.8 Å². The maximum Gasteiger partial charge on any atom is 0.255 e. The second-order valence-electron chi connectivity index (χ2n) is 8.62. The fraction of sp³-hybridized carbons (Fsp3) is 0.478. The molecule has 2 fully saturated rings. The number of imide groups is 1. The monoisotopic (exact) mass is 422 g/mol. The van der Waals surface area contributed by atoms with Crippen molar-refractivity contribution in [2.24, 2.45) is 7.05 Å². The first-order valence-corrected chi connectivity index (χ1v) is 10.8. The SMILES string of the molecule is Cc1c(-c2ccc3c(c2)CN(C2CCC(=O)NC2=O)C3=O)nc(C2CCOCC2)n1C. The molecular formula is C23H26N4O4. The molecule has 31 heavy (non-hydrogen) atoms. The number of hydrogen-bond acceptors (Lipinski definition) is 5. The molecule has 3 aliphatic rings. The lowest BCUT2D eigenvalue weighted by atomic mass is 9.99. The van der Waals surface area contributed by atoms with Crippen LogP contribution in [-0.2, 0) is 27.9 Å². The maximum absolute atomic E-state index is 12.9. The number of nitrogens with zero attached hydrogens (tertiary/aromatic N) is 3. The molecule has 0 spiro atoms. The van der Waals surface area contributed by atoms with Gasteiger partial charge in [-0.1, -0.05) is 6.07 Å². The van der Waals surface area contributed by atoms with Crippen molar-refractivity contribution in [2.45, 2.75) is 51.1 Å². The summed E-state index contributed by atoms with van der Waals surface area (Å²) < 4.78 is 7.66. The molecule has 3 aliphatic heterocycles. The van der Waals surface area contributed by atoms with Crippen molar-refractivity contribution in [2.75, 3.05) is 13.2 Å². The van der Waals surface area contributed by atoms with Gasteiger partial charge < -0.3 is 14.2 Å². The molecule has 2 saturated heterocycles. The van der Waals surface area contributed by atoms with E-state index in [0.29, 0.717) is 24.4 Å². The van der Waals surface area contributed by atoms with Crippen LogP contribution in [-0.4, -0.2) is 51.4 Å². The zero-order valence-corrected chi connectivity index (χ0v) is 17.8. The number of hydrogen-bond donors (Lipinski definition) is 1. The highest BCUT2D eigenvalue weighted by molar-refractivity contribution is 6.05. The molecule has 0 radical (unpaired) electrons. The molecular weight excluding hydrogens is 396 g/mol. The predicted molar refractivity (Wildman–Crippen MR) is 112 cm³/mol. The molecule has 1 unspecified atom stereocenters. The molecule has 1 aromatic carbocycles. The van der Waals surface area contributed by atoms with E-state index in [1.54, 1.807) is 4.90 Å². The highest BCUT2D eigenvalue weighted by Gasteiger charge is 2.39. The van der Waals surface area contributed by atoms with Gasteiger partial charge in [0, 0.05) is 56.0 Å². The third kappa shape index (κ3) is 3.35. The third-order valence-corrected chi connectivity index (χ3v) is 6.80. The number of benzene rings is 1. The summed E-state index contributed by atoms with van der Waals surface area (Å²) in [6.07, 6.45) is 2.57. The van der Waals surface area contributed by atoms with E-state index >= 15 is 0 Å². The van der Waals surface area contributed by atoms with Crippen molar-refractivity contribution in [3.8, 4) is 11.3 Å². The van der Waals surface area contributed by atoms with Gasteiger partial charge in [0.1, 0.15) is 11.9 Å². The Hall–Kier alpha value is -3.00. The zero-order chi connectivity index (χ0) is 21.7. The van der Waals surface area contributed by atoms with Gasteiger partial charge in [0.15, 0.2) is 0 Å². The minimum atomic E-state index is -0.599. The van der Waals surface area contributed by atoms with Crippen molar-refractivity contribution in [3.63, 3.8) is 0 Å². The number of piperidine rings is 1. The van der Waals surface area contributed by atoms with Crippen LogP contribution in [0.1, 0.15) is 59.0 Å². The van der Waals surface area contributed by atoms with E-state index in [9.17, 15) is 14.4 Å². The van der Waals surface area contributed by atoms with Crippen molar-refractivity contribution in [1.29, 1.82) is 0 Å². The summed E-state index contributed by atoms with van der Waals surface area (Å²) in [5.74, 6) is 0.650. The Bertz CT molecular complexity index is 1080. The quantitative estimate of drug-likeness (QED) is 0.764. The van der Waals surface area contributed by atoms with Crippen molar-refractivity contribution in [1.82, 2.24) is 19.8 Å². The lowest BCUT2D eigenvalue weighted by Crippen LogP contribution is -2.52. The van der Waals surface area contributed by atoms with Crippen LogP contribution < -0.4 is 5.32 Å². The second-order valence-corrected chi connectivity index (χ2v) is 8.62. The Kier molecular flexibility index (Phi) is 4.89. The van der Waals surface area contributed by atoms with Gasteiger partial charge in [-0.25, -0.2) is 4.98 Å². The van der Waals surface area contributed by atoms with Crippen LogP contribution in [0.25, 0.3) is 11.3 Å². The molecule has 3 amide bonds. The average Bonchev–Trinajstić information content (AvgIpc) is 3.25. The van der Waals surface area contributed by atoms with Crippen LogP contribution in [0.2, 0.25) is 0 Å². The summed E-state index contributed by atoms with van der Waals surface area (Å²) in [7, 11) is 2.05. The zero-order valence-electron chi connectivity index (χ0n) is 17.8. The normalized spacial score (nSPS) is 22.1. The van der Waals surface area contributed by atoms with E-state index in [-0.39, 0.29) is 24.1 Å². The fourth-order valence-electron chi connectivity index (χ4n) is 4.92. The number of carbonyl (C=O) groups excluding carboxylic acids is 3. The molecule has 2 aromatic rings. The Morgan fingerprint density at radius 2 is 1.90 bits per heavy atom. The van der Waals surface area contributed by atoms with Crippen LogP contribution >= 0.6 is 0 Å². The lowest BCUT2D eigenvalue weighted by molar-refractivity contribution is -0.136. The topological polar surface area (TPSA) is 93.5 Å². The molecule has 1 aromatic heterocycles. The minimum Gasteiger partial charge on any atom is -0.381 e. The van der Waals surface area contributed by atoms with Gasteiger partial charge in [-0.05, 0) is 43.9 Å². The highest BCUT2D eigenvalue weighted by Crippen LogP contribution is 2.34. The predicted octanol–water partition coefficient (Wildman–Crippen LogP) is 2.05. The summed E-state index contributed by atoms with van der Waals surface area (Å²) in [6.45, 7) is 3.97. The van der Waals surface area contributed by atoms with Gasteiger partial charge in [-0.15, -0.1) is 0 Å². The molecule has 5 rings (SSSR count). The first-order valence-electron chi connectivity index (χ1n) is 10.8. The number of nitrogens with one attached hydrogen (secondary N) is 1. The number of aromatic nitrogens is 2. The van der Waals surface area contributed by atoms with Gasteiger partial charge >= 0.3 is 0 Å². The molecule has 0 aliphatic carbocycles. The summed E-state index contributed by atoms with van der Waals surface area (Å²) >= 11 is 0. The van der Waals surface area contributed by atoms with E-state index in [4.69, 9.17) is 9.72 Å². The standard InChI is InChI=1S/C23H26N4O4/c1-13-20(25-21(26(13)2)14-7-9-31-10-8-14)15-3-4-17-16(11-15)12-27(23(17)30)18-5-6-19(28)24-22(18)29/h3-4,11,14,18H,5-10,12H2,1-2H3,(H,24,28,29). The molecule has 8 nitrogen and oxygen atoms in total. The van der Waals surface area contributed by atoms with E-state index in [1.807, 2.05) is 18.2 Å². The summed E-state index contributed by atoms with van der Waals surface area (Å²) in [5, 5.41) is 2.34. The smallest absolute Gasteiger partial charge is 0.255 e. The Morgan fingerprint density at radius 3 is 2.65 bits per heavy atom. The van der Waals surface area contributed by atoms with Crippen LogP contribution in [0.4, 0.5) is 0 Å². The van der Waals surface area contributed by atoms with Crippen LogP contribution in [0.15, 0.2) is 18.2 Å². The Balaban J connectivity index is 1.43. The van der Waals surface area contributed by atoms with E-state index in [0.717, 1.165) is 54.4 Å². The van der Waals surface area contributed by atoms with Gasteiger partial charge in [-0.2, -0.15) is 0 Å². The summed E-state index contributed by atoms with van der Waals surface area (Å²) in [5.41, 5.74) is 4.51. The number of amides is 3. The number of imidazole rings is 1. The molecule has 162 valence electrons. The number of fused-ring (bicyclic) bond motifs is 1. The van der Waals surface area contributed by atoms with Gasteiger partial charge in [0.05, 0.1) is 5.69 Å². The van der Waals surface area contributed by atoms with Crippen molar-refractivity contribution < 1.29 is 19.1 Å². The fourth-order valence-corrected chi connectivity index (χ4v) is 4.92. The lowest BCUT2D eigenvalue weighted by Gasteiger charge is -2.29. The first-order chi connectivity index (χ1) is 14.9. The van der Waals surface area contributed by atoms with Gasteiger partial charge in [-0.3, -0.25) is 19.7 Å². The van der Waals surface area contributed by atoms with Crippen LogP contribution in [0.3, 0.4) is 0 Å². The minimum absolute atomic E-state index is 0.156. The highest BCUT2D eigenvalue weighted by atomic mass is 16.5. The Labute approximate surface area is 180 Å². The van der Waals surface area contributed by atoms with E-state index < -0.39 is 6.04 Å². The van der Waals surface area contributed by atoms with E-state index in [1.165, 1.54) is 0 Å². The molecule has 4 heterocycles. The second kappa shape index (κ2) is 7.60. The summed E-state index contributed by atoms with van der Waals surface area (Å²) in [6, 6.07) is 5.19. The maximum atomic E-state index is 12.9. The Morgan fingerprint density at radius 1 is 1.13 bits per heavy atom. The molecule has 0 bridgehead atoms. The van der Waals surface area contributed by atoms with Crippen LogP contribution in [0, 0.1) is 6.92 Å². The largest absolute Gasteiger partial charge is 0.381 e. The van der Waals surface area contributed by atoms with E-state index in [2.05, 4.69) is 23.9 Å². The average molecular weight is 422 g/mol. The summed E-state index contributed by atoms with van der Waals surface area (Å²) in [4.78, 5) is 43.2. The van der Waals surface area contributed by atoms with Gasteiger partial charge in [0.2, 0.25) is 11.8 Å². The van der Waals surface area contributed by atoms with Gasteiger partial charge in [0.25, 0.3) is 5.91 Å². The number of rotatable bonds is 3. The number of carbonyl (C=O) groups is 3. The van der Waals surface area contributed by atoms with Crippen LogP contribution in [0.5, 0.6) is 0 Å². The third-order valence-electron chi connectivity index (χ3n) is 6.80. The number of ether oxygens (including phenoxy) is 1. The molecule has 1 atom stereocenters. The molecule has 8 heteroatoms. The van der Waals surface area contributed by atoms with Crippen molar-refractivity contribution >= 4 is 17.7 Å². The first kappa shape index (κ1) is 19.9.